The van der Waals surface area contributed by atoms with Crippen LogP contribution in [-0.4, -0.2) is 29.1 Å². The number of hydrogen-bond acceptors (Lipinski definition) is 3. The molecule has 0 aliphatic heterocycles. The van der Waals surface area contributed by atoms with Crippen molar-refractivity contribution in [2.24, 2.45) is 11.7 Å². The van der Waals surface area contributed by atoms with Crippen molar-refractivity contribution in [3.05, 3.63) is 29.6 Å². The maximum absolute atomic E-state index is 13.1. The Balaban J connectivity index is 3.01. The number of rotatable bonds is 5. The highest BCUT2D eigenvalue weighted by molar-refractivity contribution is 6.03. The van der Waals surface area contributed by atoms with Crippen molar-refractivity contribution < 1.29 is 23.9 Å². The first-order valence-corrected chi connectivity index (χ1v) is 6.12. The molecule has 0 fully saturated rings. The molecular weight excluding hydrogens is 281 g/mol. The van der Waals surface area contributed by atoms with Crippen molar-refractivity contribution >= 4 is 23.6 Å². The topological polar surface area (TPSA) is 122 Å². The zero-order valence-electron chi connectivity index (χ0n) is 11.5. The van der Waals surface area contributed by atoms with E-state index in [9.17, 15) is 18.8 Å². The summed E-state index contributed by atoms with van der Waals surface area (Å²) in [6.07, 6.45) is 0. The fraction of sp³-hybridized carbons (Fsp3) is 0.308. The lowest BCUT2D eigenvalue weighted by molar-refractivity contribution is -0.118. The van der Waals surface area contributed by atoms with Gasteiger partial charge in [-0.25, -0.2) is 14.0 Å². The second-order valence-corrected chi connectivity index (χ2v) is 4.71. The Kier molecular flexibility index (Phi) is 5.23. The summed E-state index contributed by atoms with van der Waals surface area (Å²) in [7, 11) is 0. The van der Waals surface area contributed by atoms with Gasteiger partial charge in [-0.3, -0.25) is 4.79 Å². The molecule has 0 heterocycles. The number of amides is 3. The number of carboxylic acids is 1. The van der Waals surface area contributed by atoms with E-state index in [0.717, 1.165) is 18.2 Å². The second-order valence-electron chi connectivity index (χ2n) is 4.71. The van der Waals surface area contributed by atoms with Crippen molar-refractivity contribution in [3.63, 3.8) is 0 Å². The number of carboxylic acid groups (broad SMARTS) is 1. The average molecular weight is 297 g/mol. The number of hydrogen-bond donors (Lipinski definition) is 4. The normalized spacial score (nSPS) is 11.8. The van der Waals surface area contributed by atoms with E-state index in [4.69, 9.17) is 10.8 Å². The van der Waals surface area contributed by atoms with Crippen LogP contribution in [0.5, 0.6) is 0 Å². The van der Waals surface area contributed by atoms with Crippen LogP contribution < -0.4 is 16.4 Å². The van der Waals surface area contributed by atoms with Crippen molar-refractivity contribution in [3.8, 4) is 0 Å². The van der Waals surface area contributed by atoms with Crippen molar-refractivity contribution in [1.29, 1.82) is 0 Å². The minimum absolute atomic E-state index is 0.0641. The van der Waals surface area contributed by atoms with Gasteiger partial charge in [-0.1, -0.05) is 13.8 Å². The zero-order valence-corrected chi connectivity index (χ0v) is 11.5. The van der Waals surface area contributed by atoms with E-state index in [1.807, 2.05) is 0 Å². The third kappa shape index (κ3) is 4.44. The van der Waals surface area contributed by atoms with E-state index in [1.54, 1.807) is 13.8 Å². The predicted octanol–water partition coefficient (Wildman–Crippen LogP) is 1.16. The lowest BCUT2D eigenvalue weighted by Crippen LogP contribution is -2.49. The maximum Gasteiger partial charge on any atom is 0.337 e. The summed E-state index contributed by atoms with van der Waals surface area (Å²) in [5.74, 6) is -3.03. The molecule has 0 aliphatic rings. The fourth-order valence-corrected chi connectivity index (χ4v) is 1.70. The summed E-state index contributed by atoms with van der Waals surface area (Å²) < 4.78 is 13.1. The van der Waals surface area contributed by atoms with Crippen molar-refractivity contribution in [1.82, 2.24) is 5.32 Å². The van der Waals surface area contributed by atoms with Gasteiger partial charge in [0, 0.05) is 0 Å². The Labute approximate surface area is 120 Å². The third-order valence-corrected chi connectivity index (χ3v) is 2.72. The molecule has 0 bridgehead atoms. The summed E-state index contributed by atoms with van der Waals surface area (Å²) in [6, 6.07) is 1.14. The molecule has 1 atom stereocenters. The molecule has 3 amide bonds. The van der Waals surface area contributed by atoms with Crippen LogP contribution in [-0.2, 0) is 4.79 Å². The molecule has 1 aromatic rings. The number of benzene rings is 1. The number of nitrogens with two attached hydrogens (primary N) is 1. The summed E-state index contributed by atoms with van der Waals surface area (Å²) in [5, 5.41) is 13.6. The van der Waals surface area contributed by atoms with Crippen molar-refractivity contribution in [2.45, 2.75) is 19.9 Å². The minimum Gasteiger partial charge on any atom is -0.478 e. The summed E-state index contributed by atoms with van der Waals surface area (Å²) in [6.45, 7) is 3.37. The van der Waals surface area contributed by atoms with Crippen LogP contribution in [0.2, 0.25) is 0 Å². The second kappa shape index (κ2) is 6.69. The standard InChI is InChI=1S/C13H16FN3O4/c1-6(2)10(17-13(15)21)11(18)16-9-4-3-7(14)5-8(9)12(19)20/h3-6,10H,1-2H3,(H,16,18)(H,19,20)(H3,15,17,21). The van der Waals surface area contributed by atoms with Gasteiger partial charge in [-0.05, 0) is 24.1 Å². The predicted molar refractivity (Wildman–Crippen MR) is 73.3 cm³/mol. The minimum atomic E-state index is -1.38. The van der Waals surface area contributed by atoms with E-state index in [2.05, 4.69) is 10.6 Å². The number of aromatic carboxylic acids is 1. The third-order valence-electron chi connectivity index (χ3n) is 2.72. The molecule has 114 valence electrons. The van der Waals surface area contributed by atoms with Crippen LogP contribution in [0.4, 0.5) is 14.9 Å². The van der Waals surface area contributed by atoms with Gasteiger partial charge in [0.25, 0.3) is 0 Å². The first-order valence-electron chi connectivity index (χ1n) is 6.12. The molecule has 5 N–H and O–H groups in total. The molecule has 0 aromatic heterocycles. The Bertz CT molecular complexity index is 575. The molecule has 21 heavy (non-hydrogen) atoms. The summed E-state index contributed by atoms with van der Waals surface area (Å²) >= 11 is 0. The smallest absolute Gasteiger partial charge is 0.337 e. The number of anilines is 1. The van der Waals surface area contributed by atoms with E-state index < -0.39 is 29.8 Å². The van der Waals surface area contributed by atoms with Gasteiger partial charge in [0.15, 0.2) is 0 Å². The number of primary amides is 1. The summed E-state index contributed by atoms with van der Waals surface area (Å²) in [5.41, 5.74) is 4.54. The highest BCUT2D eigenvalue weighted by Crippen LogP contribution is 2.18. The number of carbonyl (C=O) groups is 3. The average Bonchev–Trinajstić information content (AvgIpc) is 2.37. The van der Waals surface area contributed by atoms with Crippen LogP contribution >= 0.6 is 0 Å². The molecule has 0 aliphatic carbocycles. The van der Waals surface area contributed by atoms with E-state index in [-0.39, 0.29) is 17.2 Å². The van der Waals surface area contributed by atoms with Crippen LogP contribution in [0.1, 0.15) is 24.2 Å². The van der Waals surface area contributed by atoms with Crippen LogP contribution in [0.3, 0.4) is 0 Å². The van der Waals surface area contributed by atoms with Gasteiger partial charge in [0.2, 0.25) is 5.91 Å². The van der Waals surface area contributed by atoms with E-state index in [0.29, 0.717) is 0 Å². The fourth-order valence-electron chi connectivity index (χ4n) is 1.70. The number of urea groups is 1. The highest BCUT2D eigenvalue weighted by Gasteiger charge is 2.24. The van der Waals surface area contributed by atoms with Gasteiger partial charge >= 0.3 is 12.0 Å². The maximum atomic E-state index is 13.1. The monoisotopic (exact) mass is 297 g/mol. The molecule has 1 rings (SSSR count). The molecular formula is C13H16FN3O4. The number of carbonyl (C=O) groups excluding carboxylic acids is 2. The van der Waals surface area contributed by atoms with Gasteiger partial charge in [0.05, 0.1) is 11.3 Å². The summed E-state index contributed by atoms with van der Waals surface area (Å²) in [4.78, 5) is 34.0. The lowest BCUT2D eigenvalue weighted by Gasteiger charge is -2.21. The Hall–Kier alpha value is -2.64. The molecule has 1 unspecified atom stereocenters. The molecule has 1 aromatic carbocycles. The molecule has 0 radical (unpaired) electrons. The molecule has 8 heteroatoms. The molecule has 0 saturated carbocycles. The van der Waals surface area contributed by atoms with Crippen molar-refractivity contribution in [2.75, 3.05) is 5.32 Å². The highest BCUT2D eigenvalue weighted by atomic mass is 19.1. The largest absolute Gasteiger partial charge is 0.478 e. The Morgan fingerprint density at radius 3 is 2.38 bits per heavy atom. The van der Waals surface area contributed by atoms with Crippen LogP contribution in [0.25, 0.3) is 0 Å². The van der Waals surface area contributed by atoms with Gasteiger partial charge in [-0.2, -0.15) is 0 Å². The lowest BCUT2D eigenvalue weighted by atomic mass is 10.0. The quantitative estimate of drug-likeness (QED) is 0.651. The van der Waals surface area contributed by atoms with Gasteiger partial charge in [0.1, 0.15) is 11.9 Å². The first kappa shape index (κ1) is 16.4. The Morgan fingerprint density at radius 1 is 1.29 bits per heavy atom. The SMILES string of the molecule is CC(C)C(NC(N)=O)C(=O)Nc1ccc(F)cc1C(=O)O. The van der Waals surface area contributed by atoms with Gasteiger partial charge in [-0.15, -0.1) is 0 Å². The first-order chi connectivity index (χ1) is 9.72. The zero-order chi connectivity index (χ0) is 16.2. The molecule has 7 nitrogen and oxygen atoms in total. The van der Waals surface area contributed by atoms with Gasteiger partial charge < -0.3 is 21.5 Å². The Morgan fingerprint density at radius 2 is 1.90 bits per heavy atom. The molecule has 0 saturated heterocycles. The van der Waals surface area contributed by atoms with E-state index in [1.165, 1.54) is 0 Å². The molecule has 0 spiro atoms. The van der Waals surface area contributed by atoms with Crippen LogP contribution in [0.15, 0.2) is 18.2 Å². The number of nitrogens with one attached hydrogen (secondary N) is 2. The van der Waals surface area contributed by atoms with E-state index >= 15 is 0 Å². The number of halogens is 1. The van der Waals surface area contributed by atoms with Crippen LogP contribution in [0, 0.1) is 11.7 Å².